The molecule has 2 heterocycles. The number of amides is 1. The van der Waals surface area contributed by atoms with Crippen molar-refractivity contribution >= 4 is 11.9 Å². The predicted molar refractivity (Wildman–Crippen MR) is 77.0 cm³/mol. The summed E-state index contributed by atoms with van der Waals surface area (Å²) in [6.07, 6.45) is 2.86. The van der Waals surface area contributed by atoms with E-state index in [1.165, 1.54) is 10.6 Å². The van der Waals surface area contributed by atoms with Gasteiger partial charge in [-0.1, -0.05) is 0 Å². The van der Waals surface area contributed by atoms with Gasteiger partial charge in [-0.15, -0.1) is 0 Å². The molecule has 0 unspecified atom stereocenters. The van der Waals surface area contributed by atoms with E-state index >= 15 is 0 Å². The molecule has 1 aliphatic heterocycles. The van der Waals surface area contributed by atoms with E-state index < -0.39 is 11.9 Å². The monoisotopic (exact) mass is 292 g/mol. The van der Waals surface area contributed by atoms with E-state index in [1.54, 1.807) is 24.1 Å². The molecule has 6 nitrogen and oxygen atoms in total. The first-order valence-corrected chi connectivity index (χ1v) is 7.09. The maximum absolute atomic E-state index is 12.4. The molecular formula is C15H20N2O4. The summed E-state index contributed by atoms with van der Waals surface area (Å²) in [6.45, 7) is 4.08. The lowest BCUT2D eigenvalue weighted by atomic mass is 9.90. The number of carboxylic acid groups (broad SMARTS) is 1. The summed E-state index contributed by atoms with van der Waals surface area (Å²) in [5, 5.41) is 9.18. The van der Waals surface area contributed by atoms with Gasteiger partial charge in [-0.2, -0.15) is 0 Å². The number of carbonyl (C=O) groups excluding carboxylic acids is 1. The molecule has 1 aromatic rings. The van der Waals surface area contributed by atoms with E-state index in [-0.39, 0.29) is 24.1 Å². The van der Waals surface area contributed by atoms with Gasteiger partial charge >= 0.3 is 5.97 Å². The standard InChI is InChI=1S/C15H20N2O4/c1-10-5-7-16(13(18)8-10)9-14(19)17-6-3-4-12(11(17)2)15(20)21/h5,7-8,11-12H,3-4,6,9H2,1-2H3,(H,20,21)/t11-,12-/m1/s1. The van der Waals surface area contributed by atoms with Gasteiger partial charge in [-0.05, 0) is 38.3 Å². The van der Waals surface area contributed by atoms with Crippen LogP contribution in [0, 0.1) is 12.8 Å². The number of likely N-dealkylation sites (tertiary alicyclic amines) is 1. The lowest BCUT2D eigenvalue weighted by Gasteiger charge is -2.37. The Morgan fingerprint density at radius 1 is 1.43 bits per heavy atom. The summed E-state index contributed by atoms with van der Waals surface area (Å²) >= 11 is 0. The van der Waals surface area contributed by atoms with Gasteiger partial charge in [0.1, 0.15) is 6.54 Å². The zero-order valence-corrected chi connectivity index (χ0v) is 12.3. The van der Waals surface area contributed by atoms with Crippen molar-refractivity contribution in [1.82, 2.24) is 9.47 Å². The van der Waals surface area contributed by atoms with Crippen LogP contribution < -0.4 is 5.56 Å². The normalized spacial score (nSPS) is 22.1. The smallest absolute Gasteiger partial charge is 0.308 e. The van der Waals surface area contributed by atoms with E-state index in [4.69, 9.17) is 0 Å². The minimum absolute atomic E-state index is 0.0458. The molecule has 1 fully saturated rings. The third-order valence-electron chi connectivity index (χ3n) is 4.08. The Morgan fingerprint density at radius 3 is 2.76 bits per heavy atom. The summed E-state index contributed by atoms with van der Waals surface area (Å²) in [5.74, 6) is -1.61. The second kappa shape index (κ2) is 6.11. The number of hydrogen-bond acceptors (Lipinski definition) is 3. The van der Waals surface area contributed by atoms with Crippen molar-refractivity contribution in [2.24, 2.45) is 5.92 Å². The Morgan fingerprint density at radius 2 is 2.14 bits per heavy atom. The Labute approximate surface area is 123 Å². The van der Waals surface area contributed by atoms with Crippen LogP contribution in [0.4, 0.5) is 0 Å². The second-order valence-electron chi connectivity index (χ2n) is 5.58. The van der Waals surface area contributed by atoms with E-state index in [9.17, 15) is 19.5 Å². The van der Waals surface area contributed by atoms with Crippen molar-refractivity contribution < 1.29 is 14.7 Å². The van der Waals surface area contributed by atoms with Crippen molar-refractivity contribution in [3.05, 3.63) is 34.2 Å². The molecule has 1 amide bonds. The topological polar surface area (TPSA) is 79.6 Å². The molecule has 0 aromatic carbocycles. The van der Waals surface area contributed by atoms with Gasteiger partial charge in [0.05, 0.1) is 5.92 Å². The van der Waals surface area contributed by atoms with Crippen LogP contribution in [0.3, 0.4) is 0 Å². The highest BCUT2D eigenvalue weighted by Gasteiger charge is 2.35. The van der Waals surface area contributed by atoms with Crippen LogP contribution in [0.2, 0.25) is 0 Å². The average Bonchev–Trinajstić information content (AvgIpc) is 2.41. The van der Waals surface area contributed by atoms with Gasteiger partial charge in [0.2, 0.25) is 5.91 Å². The highest BCUT2D eigenvalue weighted by atomic mass is 16.4. The van der Waals surface area contributed by atoms with Crippen molar-refractivity contribution in [2.45, 2.75) is 39.3 Å². The number of pyridine rings is 1. The highest BCUT2D eigenvalue weighted by Crippen LogP contribution is 2.23. The lowest BCUT2D eigenvalue weighted by Crippen LogP contribution is -2.50. The first-order valence-electron chi connectivity index (χ1n) is 7.09. The SMILES string of the molecule is Cc1ccn(CC(=O)N2CCC[C@@H](C(=O)O)[C@H]2C)c(=O)c1. The maximum Gasteiger partial charge on any atom is 0.308 e. The van der Waals surface area contributed by atoms with Crippen LogP contribution in [-0.2, 0) is 16.1 Å². The number of aliphatic carboxylic acids is 1. The number of carboxylic acids is 1. The number of aromatic nitrogens is 1. The van der Waals surface area contributed by atoms with Gasteiger partial charge in [0, 0.05) is 24.8 Å². The molecule has 1 aromatic heterocycles. The molecule has 0 saturated carbocycles. The molecule has 2 atom stereocenters. The first-order chi connectivity index (χ1) is 9.90. The Bertz CT molecular complexity index is 608. The summed E-state index contributed by atoms with van der Waals surface area (Å²) in [5.41, 5.74) is 0.628. The minimum atomic E-state index is -0.868. The molecule has 0 spiro atoms. The Kier molecular flexibility index (Phi) is 4.45. The van der Waals surface area contributed by atoms with Crippen LogP contribution in [0.25, 0.3) is 0 Å². The molecule has 21 heavy (non-hydrogen) atoms. The summed E-state index contributed by atoms with van der Waals surface area (Å²) in [7, 11) is 0. The van der Waals surface area contributed by atoms with Gasteiger partial charge in [0.25, 0.3) is 5.56 Å². The number of aryl methyl sites for hydroxylation is 1. The zero-order valence-electron chi connectivity index (χ0n) is 12.3. The number of nitrogens with zero attached hydrogens (tertiary/aromatic N) is 2. The van der Waals surface area contributed by atoms with Crippen LogP contribution >= 0.6 is 0 Å². The van der Waals surface area contributed by atoms with Crippen molar-refractivity contribution in [3.8, 4) is 0 Å². The molecule has 1 saturated heterocycles. The van der Waals surface area contributed by atoms with Gasteiger partial charge in [0.15, 0.2) is 0 Å². The average molecular weight is 292 g/mol. The fourth-order valence-electron chi connectivity index (χ4n) is 2.80. The van der Waals surface area contributed by atoms with Crippen molar-refractivity contribution in [2.75, 3.05) is 6.54 Å². The Balaban J connectivity index is 2.12. The third-order valence-corrected chi connectivity index (χ3v) is 4.08. The molecular weight excluding hydrogens is 272 g/mol. The quantitative estimate of drug-likeness (QED) is 0.896. The van der Waals surface area contributed by atoms with Crippen molar-refractivity contribution in [1.29, 1.82) is 0 Å². The molecule has 114 valence electrons. The number of piperidine rings is 1. The zero-order chi connectivity index (χ0) is 15.6. The summed E-state index contributed by atoms with van der Waals surface area (Å²) < 4.78 is 1.35. The highest BCUT2D eigenvalue weighted by molar-refractivity contribution is 5.78. The molecule has 0 aliphatic carbocycles. The van der Waals surface area contributed by atoms with Crippen LogP contribution in [-0.4, -0.2) is 39.0 Å². The predicted octanol–water partition coefficient (Wildman–Crippen LogP) is 0.868. The van der Waals surface area contributed by atoms with E-state index in [2.05, 4.69) is 0 Å². The largest absolute Gasteiger partial charge is 0.481 e. The molecule has 6 heteroatoms. The molecule has 0 bridgehead atoms. The van der Waals surface area contributed by atoms with Crippen molar-refractivity contribution in [3.63, 3.8) is 0 Å². The lowest BCUT2D eigenvalue weighted by molar-refractivity contribution is -0.149. The van der Waals surface area contributed by atoms with E-state index in [0.717, 1.165) is 5.56 Å². The minimum Gasteiger partial charge on any atom is -0.481 e. The second-order valence-corrected chi connectivity index (χ2v) is 5.58. The summed E-state index contributed by atoms with van der Waals surface area (Å²) in [6, 6.07) is 2.91. The Hall–Kier alpha value is -2.11. The van der Waals surface area contributed by atoms with Gasteiger partial charge in [-0.3, -0.25) is 14.4 Å². The van der Waals surface area contributed by atoms with Crippen LogP contribution in [0.5, 0.6) is 0 Å². The van der Waals surface area contributed by atoms with E-state index in [0.29, 0.717) is 19.4 Å². The molecule has 1 aliphatic rings. The van der Waals surface area contributed by atoms with Gasteiger partial charge < -0.3 is 14.6 Å². The fraction of sp³-hybridized carbons (Fsp3) is 0.533. The number of carbonyl (C=O) groups is 2. The molecule has 2 rings (SSSR count). The molecule has 1 N–H and O–H groups in total. The summed E-state index contributed by atoms with van der Waals surface area (Å²) in [4.78, 5) is 36.9. The van der Waals surface area contributed by atoms with Crippen LogP contribution in [0.15, 0.2) is 23.1 Å². The first kappa shape index (κ1) is 15.3. The molecule has 0 radical (unpaired) electrons. The van der Waals surface area contributed by atoms with Gasteiger partial charge in [-0.25, -0.2) is 0 Å². The van der Waals surface area contributed by atoms with E-state index in [1.807, 2.05) is 6.92 Å². The van der Waals surface area contributed by atoms with Crippen LogP contribution in [0.1, 0.15) is 25.3 Å². The number of hydrogen-bond donors (Lipinski definition) is 1. The number of rotatable bonds is 3. The maximum atomic E-state index is 12.4. The third kappa shape index (κ3) is 3.32. The fourth-order valence-corrected chi connectivity index (χ4v) is 2.80.